The lowest BCUT2D eigenvalue weighted by Crippen LogP contribution is -2.34. The number of hydrogen-bond donors (Lipinski definition) is 3. The molecule has 0 bridgehead atoms. The number of rotatable bonds is 5. The molecule has 2 amide bonds. The highest BCUT2D eigenvalue weighted by molar-refractivity contribution is 7.80. The van der Waals surface area contributed by atoms with E-state index in [1.165, 1.54) is 30.5 Å². The molecule has 3 rings (SSSR count). The van der Waals surface area contributed by atoms with Gasteiger partial charge in [-0.25, -0.2) is 0 Å². The summed E-state index contributed by atoms with van der Waals surface area (Å²) in [4.78, 5) is 34.9. The van der Waals surface area contributed by atoms with Gasteiger partial charge in [0, 0.05) is 28.6 Å². The summed E-state index contributed by atoms with van der Waals surface area (Å²) in [5.41, 5.74) is 1.42. The highest BCUT2D eigenvalue weighted by Crippen LogP contribution is 2.19. The van der Waals surface area contributed by atoms with E-state index in [9.17, 15) is 19.7 Å². The fourth-order valence-corrected chi connectivity index (χ4v) is 2.77. The van der Waals surface area contributed by atoms with Crippen molar-refractivity contribution >= 4 is 46.2 Å². The predicted molar refractivity (Wildman–Crippen MR) is 115 cm³/mol. The lowest BCUT2D eigenvalue weighted by Gasteiger charge is -2.11. The molecule has 0 atom stereocenters. The number of nitrogens with one attached hydrogen (secondary N) is 3. The minimum absolute atomic E-state index is 0.00209. The second-order valence-corrected chi connectivity index (χ2v) is 6.59. The van der Waals surface area contributed by atoms with Gasteiger partial charge in [0.2, 0.25) is 0 Å². The third-order valence-corrected chi connectivity index (χ3v) is 4.22. The van der Waals surface area contributed by atoms with Crippen LogP contribution in [0.4, 0.5) is 17.1 Å². The second kappa shape index (κ2) is 8.97. The molecule has 3 N–H and O–H groups in total. The molecule has 0 spiro atoms. The lowest BCUT2D eigenvalue weighted by molar-refractivity contribution is -0.385. The summed E-state index contributed by atoms with van der Waals surface area (Å²) in [7, 11) is 0. The largest absolute Gasteiger partial charge is 0.459 e. The monoisotopic (exact) mass is 424 g/mol. The zero-order valence-corrected chi connectivity index (χ0v) is 16.5. The lowest BCUT2D eigenvalue weighted by atomic mass is 10.1. The summed E-state index contributed by atoms with van der Waals surface area (Å²) in [5.74, 6) is -0.824. The molecule has 3 aromatic rings. The number of carbonyl (C=O) groups is 2. The van der Waals surface area contributed by atoms with Crippen LogP contribution < -0.4 is 16.0 Å². The van der Waals surface area contributed by atoms with Gasteiger partial charge in [0.05, 0.1) is 11.2 Å². The minimum Gasteiger partial charge on any atom is -0.459 e. The van der Waals surface area contributed by atoms with Crippen molar-refractivity contribution in [3.05, 3.63) is 87.9 Å². The fourth-order valence-electron chi connectivity index (χ4n) is 2.56. The minimum atomic E-state index is -0.585. The molecular formula is C20H16N4O5S. The van der Waals surface area contributed by atoms with E-state index in [0.717, 1.165) is 0 Å². The third-order valence-electron chi connectivity index (χ3n) is 4.02. The van der Waals surface area contributed by atoms with Gasteiger partial charge in [0.25, 0.3) is 17.5 Å². The number of aryl methyl sites for hydroxylation is 1. The van der Waals surface area contributed by atoms with Crippen molar-refractivity contribution in [1.82, 2.24) is 5.32 Å². The van der Waals surface area contributed by atoms with E-state index >= 15 is 0 Å². The highest BCUT2D eigenvalue weighted by Gasteiger charge is 2.16. The molecule has 0 radical (unpaired) electrons. The molecule has 1 aromatic heterocycles. The molecule has 0 saturated carbocycles. The number of thiocarbonyl (C=S) groups is 1. The predicted octanol–water partition coefficient (Wildman–Crippen LogP) is 3.88. The maximum atomic E-state index is 12.3. The number of nitro benzene ring substituents is 1. The molecule has 0 fully saturated rings. The Morgan fingerprint density at radius 3 is 2.40 bits per heavy atom. The van der Waals surface area contributed by atoms with Gasteiger partial charge in [-0.3, -0.25) is 25.0 Å². The molecular weight excluding hydrogens is 408 g/mol. The molecule has 0 aliphatic heterocycles. The maximum Gasteiger partial charge on any atom is 0.291 e. The van der Waals surface area contributed by atoms with Gasteiger partial charge >= 0.3 is 0 Å². The van der Waals surface area contributed by atoms with Crippen LogP contribution in [0, 0.1) is 17.0 Å². The summed E-state index contributed by atoms with van der Waals surface area (Å²) in [6.07, 6.45) is 1.40. The van der Waals surface area contributed by atoms with Crippen molar-refractivity contribution in [2.75, 3.05) is 10.6 Å². The number of anilines is 2. The Kier molecular flexibility index (Phi) is 6.18. The van der Waals surface area contributed by atoms with Crippen molar-refractivity contribution in [1.29, 1.82) is 0 Å². The van der Waals surface area contributed by atoms with Gasteiger partial charge in [-0.1, -0.05) is 12.1 Å². The van der Waals surface area contributed by atoms with E-state index in [0.29, 0.717) is 16.9 Å². The van der Waals surface area contributed by atoms with Crippen LogP contribution in [0.25, 0.3) is 0 Å². The van der Waals surface area contributed by atoms with Crippen LogP contribution in [-0.4, -0.2) is 21.9 Å². The van der Waals surface area contributed by atoms with Gasteiger partial charge in [0.15, 0.2) is 10.9 Å². The average molecular weight is 424 g/mol. The number of nitro groups is 1. The van der Waals surface area contributed by atoms with Crippen LogP contribution in [0.15, 0.2) is 65.3 Å². The van der Waals surface area contributed by atoms with Crippen LogP contribution in [0.1, 0.15) is 26.5 Å². The maximum absolute atomic E-state index is 12.3. The van der Waals surface area contributed by atoms with Crippen molar-refractivity contribution < 1.29 is 18.9 Å². The molecule has 0 saturated heterocycles. The summed E-state index contributed by atoms with van der Waals surface area (Å²) in [6.45, 7) is 1.59. The number of amides is 2. The number of furan rings is 1. The number of carbonyl (C=O) groups excluding carboxylic acids is 2. The van der Waals surface area contributed by atoms with Crippen molar-refractivity contribution in [3.8, 4) is 0 Å². The normalized spacial score (nSPS) is 10.2. The average Bonchev–Trinajstić information content (AvgIpc) is 3.23. The molecule has 152 valence electrons. The Hall–Kier alpha value is -4.05. The summed E-state index contributed by atoms with van der Waals surface area (Å²) < 4.78 is 5.04. The van der Waals surface area contributed by atoms with E-state index in [2.05, 4.69) is 16.0 Å². The van der Waals surface area contributed by atoms with Gasteiger partial charge in [-0.2, -0.15) is 0 Å². The van der Waals surface area contributed by atoms with Gasteiger partial charge in [0.1, 0.15) is 0 Å². The summed E-state index contributed by atoms with van der Waals surface area (Å²) in [5, 5.41) is 19.0. The first-order chi connectivity index (χ1) is 14.3. The van der Waals surface area contributed by atoms with Crippen LogP contribution in [0.3, 0.4) is 0 Å². The zero-order valence-electron chi connectivity index (χ0n) is 15.7. The van der Waals surface area contributed by atoms with Crippen LogP contribution >= 0.6 is 12.2 Å². The molecule has 0 aliphatic carbocycles. The van der Waals surface area contributed by atoms with E-state index in [4.69, 9.17) is 16.6 Å². The summed E-state index contributed by atoms with van der Waals surface area (Å²) in [6, 6.07) is 14.0. The Labute approximate surface area is 176 Å². The smallest absolute Gasteiger partial charge is 0.291 e. The van der Waals surface area contributed by atoms with Crippen molar-refractivity contribution in [2.45, 2.75) is 6.92 Å². The Balaban J connectivity index is 1.63. The Bertz CT molecular complexity index is 1130. The van der Waals surface area contributed by atoms with Crippen LogP contribution in [-0.2, 0) is 0 Å². The van der Waals surface area contributed by atoms with Crippen molar-refractivity contribution in [3.63, 3.8) is 0 Å². The molecule has 0 aliphatic rings. The third kappa shape index (κ3) is 5.06. The SMILES string of the molecule is Cc1ccc(C(=O)NC(=S)Nc2cccc(NC(=O)c3ccco3)c2)cc1[N+](=O)[O-]. The number of nitrogens with zero attached hydrogens (tertiary/aromatic N) is 1. The van der Waals surface area contributed by atoms with E-state index in [1.807, 2.05) is 0 Å². The molecule has 30 heavy (non-hydrogen) atoms. The topological polar surface area (TPSA) is 127 Å². The van der Waals surface area contributed by atoms with E-state index < -0.39 is 16.7 Å². The van der Waals surface area contributed by atoms with Crippen molar-refractivity contribution in [2.24, 2.45) is 0 Å². The van der Waals surface area contributed by atoms with Gasteiger partial charge in [-0.05, 0) is 55.5 Å². The molecule has 9 nitrogen and oxygen atoms in total. The molecule has 2 aromatic carbocycles. The first-order valence-electron chi connectivity index (χ1n) is 8.66. The first-order valence-corrected chi connectivity index (χ1v) is 9.06. The van der Waals surface area contributed by atoms with Gasteiger partial charge in [-0.15, -0.1) is 0 Å². The van der Waals surface area contributed by atoms with Crippen LogP contribution in [0.5, 0.6) is 0 Å². The molecule has 1 heterocycles. The highest BCUT2D eigenvalue weighted by atomic mass is 32.1. The molecule has 10 heteroatoms. The standard InChI is InChI=1S/C20H16N4O5S/c1-12-7-8-13(10-16(12)24(27)28)18(25)23-20(30)22-15-5-2-4-14(11-15)21-19(26)17-6-3-9-29-17/h2-11H,1H3,(H,21,26)(H2,22,23,25,30). The number of benzene rings is 2. The van der Waals surface area contributed by atoms with E-state index in [-0.39, 0.29) is 22.1 Å². The number of hydrogen-bond acceptors (Lipinski definition) is 6. The zero-order chi connectivity index (χ0) is 21.7. The van der Waals surface area contributed by atoms with E-state index in [1.54, 1.807) is 37.3 Å². The van der Waals surface area contributed by atoms with Crippen LogP contribution in [0.2, 0.25) is 0 Å². The summed E-state index contributed by atoms with van der Waals surface area (Å²) >= 11 is 5.14. The fraction of sp³-hybridized carbons (Fsp3) is 0.0500. The Morgan fingerprint density at radius 2 is 1.73 bits per heavy atom. The Morgan fingerprint density at radius 1 is 1.00 bits per heavy atom. The molecule has 0 unspecified atom stereocenters. The first kappa shape index (κ1) is 20.7. The second-order valence-electron chi connectivity index (χ2n) is 6.18. The van der Waals surface area contributed by atoms with Gasteiger partial charge < -0.3 is 15.1 Å². The quantitative estimate of drug-likeness (QED) is 0.322.